The number of carbonyl (C=O) groups excluding carboxylic acids is 1. The summed E-state index contributed by atoms with van der Waals surface area (Å²) in [6.45, 7) is 3.87. The molecule has 2 aromatic rings. The molecule has 1 aliphatic heterocycles. The van der Waals surface area contributed by atoms with E-state index in [1.807, 2.05) is 13.0 Å². The minimum Gasteiger partial charge on any atom is -0.378 e. The van der Waals surface area contributed by atoms with Crippen LogP contribution >= 0.6 is 15.9 Å². The van der Waals surface area contributed by atoms with E-state index in [1.165, 1.54) is 12.1 Å². The van der Waals surface area contributed by atoms with Gasteiger partial charge in [-0.2, -0.15) is 0 Å². The van der Waals surface area contributed by atoms with Crippen LogP contribution in [-0.2, 0) is 14.8 Å². The molecule has 0 spiro atoms. The van der Waals surface area contributed by atoms with E-state index in [0.717, 1.165) is 5.56 Å². The van der Waals surface area contributed by atoms with Crippen LogP contribution in [0.5, 0.6) is 0 Å². The highest BCUT2D eigenvalue weighted by molar-refractivity contribution is 9.10. The first-order chi connectivity index (χ1) is 12.4. The van der Waals surface area contributed by atoms with Gasteiger partial charge in [0, 0.05) is 23.1 Å². The van der Waals surface area contributed by atoms with Crippen molar-refractivity contribution < 1.29 is 17.9 Å². The fourth-order valence-electron chi connectivity index (χ4n) is 2.67. The fourth-order valence-corrected chi connectivity index (χ4v) is 4.26. The number of aryl methyl sites for hydroxylation is 1. The first-order valence-corrected chi connectivity index (χ1v) is 10.4. The van der Waals surface area contributed by atoms with E-state index in [1.54, 1.807) is 29.2 Å². The molecule has 26 heavy (non-hydrogen) atoms. The number of nitrogens with zero attached hydrogens (tertiary/aromatic N) is 1. The number of nitrogens with one attached hydrogen (secondary N) is 1. The van der Waals surface area contributed by atoms with Gasteiger partial charge in [0.1, 0.15) is 0 Å². The summed E-state index contributed by atoms with van der Waals surface area (Å²) in [5.41, 5.74) is 1.73. The average molecular weight is 439 g/mol. The maximum Gasteiger partial charge on any atom is 0.261 e. The Balaban J connectivity index is 1.86. The van der Waals surface area contributed by atoms with E-state index in [-0.39, 0.29) is 10.8 Å². The van der Waals surface area contributed by atoms with Crippen LogP contribution in [0.2, 0.25) is 0 Å². The standard InChI is InChI=1S/C18H19BrN2O4S/c1-13-5-6-16(19)17(11-13)20-26(23,24)15-4-2-3-14(12-15)18(22)21-7-9-25-10-8-21/h2-6,11-12,20H,7-10H2,1H3. The average Bonchev–Trinajstić information content (AvgIpc) is 2.65. The third kappa shape index (κ3) is 4.25. The van der Waals surface area contributed by atoms with Gasteiger partial charge < -0.3 is 9.64 Å². The lowest BCUT2D eigenvalue weighted by atomic mass is 10.2. The second kappa shape index (κ2) is 7.77. The molecule has 138 valence electrons. The first-order valence-electron chi connectivity index (χ1n) is 8.13. The van der Waals surface area contributed by atoms with Crippen LogP contribution in [-0.4, -0.2) is 45.5 Å². The number of anilines is 1. The third-order valence-corrected chi connectivity index (χ3v) is 6.11. The summed E-state index contributed by atoms with van der Waals surface area (Å²) < 4.78 is 33.9. The van der Waals surface area contributed by atoms with Crippen LogP contribution in [0.25, 0.3) is 0 Å². The Hall–Kier alpha value is -1.90. The molecule has 0 radical (unpaired) electrons. The molecule has 6 nitrogen and oxygen atoms in total. The van der Waals surface area contributed by atoms with Gasteiger partial charge in [-0.3, -0.25) is 9.52 Å². The number of morpholine rings is 1. The molecule has 0 atom stereocenters. The van der Waals surface area contributed by atoms with Crippen molar-refractivity contribution in [2.45, 2.75) is 11.8 Å². The van der Waals surface area contributed by atoms with Gasteiger partial charge in [-0.15, -0.1) is 0 Å². The molecule has 0 bridgehead atoms. The zero-order valence-electron chi connectivity index (χ0n) is 14.2. The van der Waals surface area contributed by atoms with E-state index in [2.05, 4.69) is 20.7 Å². The number of sulfonamides is 1. The summed E-state index contributed by atoms with van der Waals surface area (Å²) in [7, 11) is -3.81. The Kier molecular flexibility index (Phi) is 5.64. The number of hydrogen-bond acceptors (Lipinski definition) is 4. The number of ether oxygens (including phenoxy) is 1. The molecule has 3 rings (SSSR count). The van der Waals surface area contributed by atoms with Crippen LogP contribution in [0, 0.1) is 6.92 Å². The molecule has 0 aliphatic carbocycles. The zero-order valence-corrected chi connectivity index (χ0v) is 16.6. The molecule has 1 heterocycles. The molecule has 2 aromatic carbocycles. The van der Waals surface area contributed by atoms with Crippen molar-refractivity contribution in [3.05, 3.63) is 58.1 Å². The zero-order chi connectivity index (χ0) is 18.7. The molecule has 1 amide bonds. The van der Waals surface area contributed by atoms with Crippen molar-refractivity contribution in [2.24, 2.45) is 0 Å². The van der Waals surface area contributed by atoms with Gasteiger partial charge in [0.25, 0.3) is 15.9 Å². The number of rotatable bonds is 4. The van der Waals surface area contributed by atoms with Gasteiger partial charge in [-0.25, -0.2) is 8.42 Å². The Morgan fingerprint density at radius 2 is 1.88 bits per heavy atom. The highest BCUT2D eigenvalue weighted by Crippen LogP contribution is 2.26. The molecular formula is C18H19BrN2O4S. The smallest absolute Gasteiger partial charge is 0.261 e. The molecule has 8 heteroatoms. The van der Waals surface area contributed by atoms with E-state index in [9.17, 15) is 13.2 Å². The summed E-state index contributed by atoms with van der Waals surface area (Å²) in [4.78, 5) is 14.3. The molecular weight excluding hydrogens is 420 g/mol. The molecule has 0 aromatic heterocycles. The van der Waals surface area contributed by atoms with Crippen LogP contribution in [0.3, 0.4) is 0 Å². The highest BCUT2D eigenvalue weighted by Gasteiger charge is 2.21. The van der Waals surface area contributed by atoms with E-state index >= 15 is 0 Å². The first kappa shape index (κ1) is 18.9. The number of carbonyl (C=O) groups is 1. The van der Waals surface area contributed by atoms with Crippen LogP contribution in [0.1, 0.15) is 15.9 Å². The van der Waals surface area contributed by atoms with E-state index in [4.69, 9.17) is 4.74 Å². The predicted molar refractivity (Wildman–Crippen MR) is 103 cm³/mol. The maximum absolute atomic E-state index is 12.7. The van der Waals surface area contributed by atoms with Crippen LogP contribution in [0.15, 0.2) is 51.8 Å². The summed E-state index contributed by atoms with van der Waals surface area (Å²) in [6, 6.07) is 11.5. The minimum absolute atomic E-state index is 0.0463. The summed E-state index contributed by atoms with van der Waals surface area (Å²) in [5.74, 6) is -0.193. The fraction of sp³-hybridized carbons (Fsp3) is 0.278. The summed E-state index contributed by atoms with van der Waals surface area (Å²) in [5, 5.41) is 0. The van der Waals surface area contributed by atoms with E-state index in [0.29, 0.717) is 42.0 Å². The number of benzene rings is 2. The Labute approximate surface area is 161 Å². The van der Waals surface area contributed by atoms with Gasteiger partial charge in [0.15, 0.2) is 0 Å². The summed E-state index contributed by atoms with van der Waals surface area (Å²) >= 11 is 3.35. The second-order valence-electron chi connectivity index (χ2n) is 6.02. The van der Waals surface area contributed by atoms with Gasteiger partial charge in [-0.1, -0.05) is 12.1 Å². The van der Waals surface area contributed by atoms with Crippen LogP contribution < -0.4 is 4.72 Å². The molecule has 0 saturated carbocycles. The normalized spacial score (nSPS) is 14.9. The van der Waals surface area contributed by atoms with Gasteiger partial charge in [0.05, 0.1) is 23.8 Å². The largest absolute Gasteiger partial charge is 0.378 e. The van der Waals surface area contributed by atoms with Crippen molar-refractivity contribution in [3.8, 4) is 0 Å². The van der Waals surface area contributed by atoms with Gasteiger partial charge in [0.2, 0.25) is 0 Å². The quantitative estimate of drug-likeness (QED) is 0.795. The Morgan fingerprint density at radius 1 is 1.15 bits per heavy atom. The molecule has 1 aliphatic rings. The Morgan fingerprint density at radius 3 is 2.62 bits per heavy atom. The van der Waals surface area contributed by atoms with Crippen molar-refractivity contribution in [1.29, 1.82) is 0 Å². The van der Waals surface area contributed by atoms with Crippen molar-refractivity contribution in [3.63, 3.8) is 0 Å². The molecule has 1 N–H and O–H groups in total. The monoisotopic (exact) mass is 438 g/mol. The van der Waals surface area contributed by atoms with Crippen molar-refractivity contribution in [1.82, 2.24) is 4.90 Å². The number of hydrogen-bond donors (Lipinski definition) is 1. The van der Waals surface area contributed by atoms with Crippen molar-refractivity contribution in [2.75, 3.05) is 31.0 Å². The SMILES string of the molecule is Cc1ccc(Br)c(NS(=O)(=O)c2cccc(C(=O)N3CCOCC3)c2)c1. The Bertz CT molecular complexity index is 925. The lowest BCUT2D eigenvalue weighted by Crippen LogP contribution is -2.40. The number of amides is 1. The lowest BCUT2D eigenvalue weighted by Gasteiger charge is -2.27. The van der Waals surface area contributed by atoms with Gasteiger partial charge in [-0.05, 0) is 58.7 Å². The summed E-state index contributed by atoms with van der Waals surface area (Å²) in [6.07, 6.45) is 0. The van der Waals surface area contributed by atoms with Crippen molar-refractivity contribution >= 4 is 37.5 Å². The lowest BCUT2D eigenvalue weighted by molar-refractivity contribution is 0.0302. The number of halogens is 1. The third-order valence-electron chi connectivity index (χ3n) is 4.06. The van der Waals surface area contributed by atoms with Crippen LogP contribution in [0.4, 0.5) is 5.69 Å². The topological polar surface area (TPSA) is 75.7 Å². The highest BCUT2D eigenvalue weighted by atomic mass is 79.9. The minimum atomic E-state index is -3.81. The second-order valence-corrected chi connectivity index (χ2v) is 8.56. The van der Waals surface area contributed by atoms with E-state index < -0.39 is 10.0 Å². The van der Waals surface area contributed by atoms with Gasteiger partial charge >= 0.3 is 0 Å². The predicted octanol–water partition coefficient (Wildman–Crippen LogP) is 3.03. The molecule has 1 saturated heterocycles. The molecule has 0 unspecified atom stereocenters. The maximum atomic E-state index is 12.7. The molecule has 1 fully saturated rings.